The van der Waals surface area contributed by atoms with Gasteiger partial charge in [0.1, 0.15) is 12.4 Å². The number of likely N-dealkylation sites (tertiary alicyclic amines) is 1. The SMILES string of the molecule is CCOC(=O)C1CCN(C(=O)CC2=CSC3=NC(C)=C(C(=O)OCCOC)C(c4ccc(OC)cc4)N23)CC1. The largest absolute Gasteiger partial charge is 0.497 e. The molecule has 1 aromatic carbocycles. The lowest BCUT2D eigenvalue weighted by Crippen LogP contribution is -2.42. The first-order valence-corrected chi connectivity index (χ1v) is 13.9. The number of hydrogen-bond donors (Lipinski definition) is 0. The van der Waals surface area contributed by atoms with E-state index in [9.17, 15) is 14.4 Å². The zero-order valence-corrected chi connectivity index (χ0v) is 23.6. The molecule has 3 heterocycles. The van der Waals surface area contributed by atoms with Crippen LogP contribution in [-0.2, 0) is 28.6 Å². The second-order valence-electron chi connectivity index (χ2n) is 9.38. The van der Waals surface area contributed by atoms with Crippen molar-refractivity contribution < 1.29 is 33.3 Å². The molecule has 0 aliphatic carbocycles. The molecule has 1 unspecified atom stereocenters. The van der Waals surface area contributed by atoms with E-state index in [1.165, 1.54) is 11.8 Å². The number of thioether (sulfide) groups is 1. The molecule has 0 aromatic heterocycles. The first-order chi connectivity index (χ1) is 18.9. The zero-order chi connectivity index (χ0) is 27.9. The number of esters is 2. The highest BCUT2D eigenvalue weighted by Gasteiger charge is 2.41. The number of aliphatic imine (C=N–C) groups is 1. The fourth-order valence-corrected chi connectivity index (χ4v) is 5.88. The van der Waals surface area contributed by atoms with Crippen molar-refractivity contribution in [3.05, 3.63) is 52.2 Å². The quantitative estimate of drug-likeness (QED) is 0.315. The molecule has 39 heavy (non-hydrogen) atoms. The minimum absolute atomic E-state index is 0.0330. The van der Waals surface area contributed by atoms with Crippen LogP contribution in [0.5, 0.6) is 5.75 Å². The van der Waals surface area contributed by atoms with Gasteiger partial charge in [-0.1, -0.05) is 23.9 Å². The van der Waals surface area contributed by atoms with Crippen LogP contribution in [0.15, 0.2) is 51.6 Å². The highest BCUT2D eigenvalue weighted by atomic mass is 32.2. The van der Waals surface area contributed by atoms with Gasteiger partial charge in [0, 0.05) is 25.9 Å². The van der Waals surface area contributed by atoms with E-state index >= 15 is 0 Å². The Morgan fingerprint density at radius 2 is 1.77 bits per heavy atom. The summed E-state index contributed by atoms with van der Waals surface area (Å²) >= 11 is 1.43. The van der Waals surface area contributed by atoms with Gasteiger partial charge in [-0.3, -0.25) is 9.59 Å². The summed E-state index contributed by atoms with van der Waals surface area (Å²) in [5, 5.41) is 2.62. The van der Waals surface area contributed by atoms with Crippen LogP contribution in [0.4, 0.5) is 0 Å². The summed E-state index contributed by atoms with van der Waals surface area (Å²) in [6.07, 6.45) is 1.32. The standard InChI is InChI=1S/C28H35N3O7S/c1-5-37-26(33)20-10-12-30(13-11-20)23(32)16-21-17-39-28-29-18(2)24(27(34)38-15-14-35-3)25(31(21)28)19-6-8-22(36-4)9-7-19/h6-9,17,20,25H,5,10-16H2,1-4H3. The molecule has 0 bridgehead atoms. The summed E-state index contributed by atoms with van der Waals surface area (Å²) in [6, 6.07) is 6.97. The van der Waals surface area contributed by atoms with Gasteiger partial charge in [0.2, 0.25) is 5.91 Å². The Bertz CT molecular complexity index is 1170. The average molecular weight is 558 g/mol. The van der Waals surface area contributed by atoms with Crippen molar-refractivity contribution in [2.45, 2.75) is 39.2 Å². The number of hydrogen-bond acceptors (Lipinski definition) is 10. The summed E-state index contributed by atoms with van der Waals surface area (Å²) in [5.74, 6) is -0.175. The molecular formula is C28H35N3O7S. The zero-order valence-electron chi connectivity index (χ0n) is 22.8. The van der Waals surface area contributed by atoms with Crippen molar-refractivity contribution in [1.29, 1.82) is 0 Å². The predicted molar refractivity (Wildman–Crippen MR) is 147 cm³/mol. The van der Waals surface area contributed by atoms with E-state index in [-0.39, 0.29) is 37.4 Å². The monoisotopic (exact) mass is 557 g/mol. The fourth-order valence-electron chi connectivity index (χ4n) is 4.92. The van der Waals surface area contributed by atoms with Crippen LogP contribution < -0.4 is 4.74 Å². The maximum absolute atomic E-state index is 13.4. The Kier molecular flexibility index (Phi) is 9.68. The molecule has 1 fully saturated rings. The number of benzene rings is 1. The first-order valence-electron chi connectivity index (χ1n) is 13.1. The molecule has 11 heteroatoms. The lowest BCUT2D eigenvalue weighted by Gasteiger charge is -2.37. The number of amidine groups is 1. The molecule has 0 saturated carbocycles. The Morgan fingerprint density at radius 1 is 1.05 bits per heavy atom. The Balaban J connectivity index is 1.55. The number of rotatable bonds is 10. The lowest BCUT2D eigenvalue weighted by atomic mass is 9.93. The number of carbonyl (C=O) groups excluding carboxylic acids is 3. The molecule has 1 atom stereocenters. The average Bonchev–Trinajstić information content (AvgIpc) is 3.34. The predicted octanol–water partition coefficient (Wildman–Crippen LogP) is 3.65. The number of amides is 1. The van der Waals surface area contributed by atoms with E-state index in [1.807, 2.05) is 34.6 Å². The third kappa shape index (κ3) is 6.47. The number of methoxy groups -OCH3 is 2. The molecule has 1 amide bonds. The van der Waals surface area contributed by atoms with Crippen molar-refractivity contribution in [2.24, 2.45) is 10.9 Å². The highest BCUT2D eigenvalue weighted by molar-refractivity contribution is 8.16. The van der Waals surface area contributed by atoms with Gasteiger partial charge >= 0.3 is 11.9 Å². The van der Waals surface area contributed by atoms with E-state index < -0.39 is 12.0 Å². The van der Waals surface area contributed by atoms with Crippen molar-refractivity contribution in [2.75, 3.05) is 47.1 Å². The molecule has 3 aliphatic heterocycles. The molecule has 3 aliphatic rings. The number of piperidine rings is 1. The van der Waals surface area contributed by atoms with Gasteiger partial charge in [-0.2, -0.15) is 0 Å². The molecular weight excluding hydrogens is 522 g/mol. The van der Waals surface area contributed by atoms with Crippen molar-refractivity contribution in [1.82, 2.24) is 9.80 Å². The summed E-state index contributed by atoms with van der Waals surface area (Å²) < 4.78 is 21.0. The van der Waals surface area contributed by atoms with E-state index in [4.69, 9.17) is 23.9 Å². The Hall–Kier alpha value is -3.31. The summed E-state index contributed by atoms with van der Waals surface area (Å²) in [5.41, 5.74) is 2.58. The van der Waals surface area contributed by atoms with Crippen LogP contribution in [0, 0.1) is 5.92 Å². The number of allylic oxidation sites excluding steroid dienone is 1. The number of carbonyl (C=O) groups is 3. The molecule has 1 saturated heterocycles. The molecule has 0 N–H and O–H groups in total. The molecule has 210 valence electrons. The number of nitrogens with zero attached hydrogens (tertiary/aromatic N) is 3. The minimum atomic E-state index is -0.526. The van der Waals surface area contributed by atoms with Gasteiger partial charge in [-0.05, 0) is 49.8 Å². The van der Waals surface area contributed by atoms with Gasteiger partial charge in [0.25, 0.3) is 0 Å². The van der Waals surface area contributed by atoms with Gasteiger partial charge in [-0.15, -0.1) is 0 Å². The first kappa shape index (κ1) is 28.7. The summed E-state index contributed by atoms with van der Waals surface area (Å²) in [7, 11) is 3.15. The molecule has 4 rings (SSSR count). The topological polar surface area (TPSA) is 107 Å². The van der Waals surface area contributed by atoms with E-state index in [0.717, 1.165) is 11.3 Å². The summed E-state index contributed by atoms with van der Waals surface area (Å²) in [6.45, 7) is 5.35. The van der Waals surface area contributed by atoms with E-state index in [1.54, 1.807) is 33.0 Å². The van der Waals surface area contributed by atoms with Crippen molar-refractivity contribution in [3.63, 3.8) is 0 Å². The fraction of sp³-hybridized carbons (Fsp3) is 0.500. The molecule has 10 nitrogen and oxygen atoms in total. The maximum Gasteiger partial charge on any atom is 0.338 e. The lowest BCUT2D eigenvalue weighted by molar-refractivity contribution is -0.151. The van der Waals surface area contributed by atoms with Crippen LogP contribution >= 0.6 is 11.8 Å². The van der Waals surface area contributed by atoms with E-state index in [2.05, 4.69) is 0 Å². The molecule has 1 aromatic rings. The third-order valence-corrected chi connectivity index (χ3v) is 7.86. The summed E-state index contributed by atoms with van der Waals surface area (Å²) in [4.78, 5) is 47.2. The smallest absolute Gasteiger partial charge is 0.338 e. The highest BCUT2D eigenvalue weighted by Crippen LogP contribution is 2.45. The van der Waals surface area contributed by atoms with Crippen LogP contribution in [0.1, 0.15) is 44.7 Å². The van der Waals surface area contributed by atoms with Crippen LogP contribution in [-0.4, -0.2) is 79.9 Å². The minimum Gasteiger partial charge on any atom is -0.497 e. The maximum atomic E-state index is 13.4. The van der Waals surface area contributed by atoms with Crippen LogP contribution in [0.3, 0.4) is 0 Å². The Morgan fingerprint density at radius 3 is 2.41 bits per heavy atom. The second kappa shape index (κ2) is 13.2. The molecule has 0 radical (unpaired) electrons. The number of ether oxygens (including phenoxy) is 4. The second-order valence-corrected chi connectivity index (χ2v) is 10.2. The van der Waals surface area contributed by atoms with Crippen LogP contribution in [0.25, 0.3) is 0 Å². The van der Waals surface area contributed by atoms with Gasteiger partial charge in [0.15, 0.2) is 5.17 Å². The van der Waals surface area contributed by atoms with Crippen LogP contribution in [0.2, 0.25) is 0 Å². The Labute approximate surface area is 233 Å². The number of fused-ring (bicyclic) bond motifs is 1. The third-order valence-electron chi connectivity index (χ3n) is 6.97. The van der Waals surface area contributed by atoms with Gasteiger partial charge < -0.3 is 28.7 Å². The van der Waals surface area contributed by atoms with E-state index in [0.29, 0.717) is 54.7 Å². The van der Waals surface area contributed by atoms with Gasteiger partial charge in [0.05, 0.1) is 50.0 Å². The van der Waals surface area contributed by atoms with Crippen molar-refractivity contribution >= 4 is 34.8 Å². The molecule has 0 spiro atoms. The normalized spacial score (nSPS) is 19.3. The van der Waals surface area contributed by atoms with Crippen molar-refractivity contribution in [3.8, 4) is 5.75 Å². The van der Waals surface area contributed by atoms with Gasteiger partial charge in [-0.25, -0.2) is 9.79 Å².